The number of pyridine rings is 1. The Hall–Kier alpha value is -6.88. The van der Waals surface area contributed by atoms with Crippen molar-refractivity contribution in [1.29, 1.82) is 21.0 Å². The standard InChI is InChI=1S/C43H46N12O/c1-7-8-9-10-11-12-13-14-15-16-17-30-18-20-34(21-19-30)50-40-33(27-46)23-37(41(51-40)49-29(2)56)52-53-42-35(28-47)39(43(3,4)5)54-55(42)38-24-32(26-45)31(25-44)22-36(38)48-6/h18-24H,7-17H2,1-5H3,(H2,49,50,51,56). The molecule has 2 aromatic carbocycles. The van der Waals surface area contributed by atoms with E-state index in [-0.39, 0.29) is 56.8 Å². The van der Waals surface area contributed by atoms with Gasteiger partial charge in [-0.15, -0.1) is 10.2 Å². The molecule has 2 N–H and O–H groups in total. The Labute approximate surface area is 329 Å². The minimum atomic E-state index is -0.654. The van der Waals surface area contributed by atoms with Crippen molar-refractivity contribution in [1.82, 2.24) is 14.8 Å². The third-order valence-electron chi connectivity index (χ3n) is 9.09. The number of nitriles is 4. The van der Waals surface area contributed by atoms with E-state index in [1.165, 1.54) is 93.2 Å². The van der Waals surface area contributed by atoms with Crippen LogP contribution in [0.15, 0.2) is 52.7 Å². The van der Waals surface area contributed by atoms with Crippen molar-refractivity contribution in [3.8, 4) is 30.0 Å². The lowest BCUT2D eigenvalue weighted by Gasteiger charge is -2.15. The fraction of sp³-hybridized carbons (Fsp3) is 0.395. The Kier molecular flexibility index (Phi) is 14.9. The fourth-order valence-electron chi connectivity index (χ4n) is 6.15. The van der Waals surface area contributed by atoms with Gasteiger partial charge in [0.1, 0.15) is 29.5 Å². The first kappa shape index (κ1) is 41.9. The number of aromatic nitrogens is 3. The molecule has 0 atom stereocenters. The number of hydrogen-bond donors (Lipinski definition) is 2. The molecule has 0 bridgehead atoms. The van der Waals surface area contributed by atoms with Gasteiger partial charge in [-0.1, -0.05) is 97.6 Å². The van der Waals surface area contributed by atoms with E-state index in [0.29, 0.717) is 11.4 Å². The summed E-state index contributed by atoms with van der Waals surface area (Å²) in [5, 5.41) is 58.9. The lowest BCUT2D eigenvalue weighted by Crippen LogP contribution is -2.14. The predicted octanol–water partition coefficient (Wildman–Crippen LogP) is 11.2. The van der Waals surface area contributed by atoms with Crippen LogP contribution in [0.5, 0.6) is 0 Å². The average Bonchev–Trinajstić information content (AvgIpc) is 3.57. The fourth-order valence-corrected chi connectivity index (χ4v) is 6.15. The molecule has 0 aliphatic heterocycles. The number of nitrogens with zero attached hydrogens (tertiary/aromatic N) is 10. The molecule has 4 rings (SSSR count). The van der Waals surface area contributed by atoms with Gasteiger partial charge in [-0.2, -0.15) is 26.1 Å². The Morgan fingerprint density at radius 1 is 0.821 bits per heavy atom. The first-order valence-electron chi connectivity index (χ1n) is 18.9. The zero-order chi connectivity index (χ0) is 40.7. The van der Waals surface area contributed by atoms with Crippen LogP contribution < -0.4 is 10.6 Å². The lowest BCUT2D eigenvalue weighted by atomic mass is 9.90. The predicted molar refractivity (Wildman–Crippen MR) is 215 cm³/mol. The molecular weight excluding hydrogens is 701 g/mol. The van der Waals surface area contributed by atoms with Crippen LogP contribution in [0.25, 0.3) is 10.5 Å². The van der Waals surface area contributed by atoms with Crippen LogP contribution >= 0.6 is 0 Å². The number of anilines is 3. The van der Waals surface area contributed by atoms with Crippen molar-refractivity contribution < 1.29 is 4.79 Å². The Bertz CT molecular complexity index is 2280. The highest BCUT2D eigenvalue weighted by atomic mass is 16.1. The molecule has 56 heavy (non-hydrogen) atoms. The highest BCUT2D eigenvalue weighted by Gasteiger charge is 2.29. The maximum absolute atomic E-state index is 12.3. The van der Waals surface area contributed by atoms with Crippen LogP contribution in [-0.4, -0.2) is 20.7 Å². The summed E-state index contributed by atoms with van der Waals surface area (Å²) >= 11 is 0. The number of benzene rings is 2. The van der Waals surface area contributed by atoms with Crippen LogP contribution in [0, 0.1) is 51.9 Å². The summed E-state index contributed by atoms with van der Waals surface area (Å²) in [7, 11) is 0. The smallest absolute Gasteiger partial charge is 0.222 e. The van der Waals surface area contributed by atoms with E-state index in [0.717, 1.165) is 12.8 Å². The quantitative estimate of drug-likeness (QED) is 0.0604. The third kappa shape index (κ3) is 10.8. The van der Waals surface area contributed by atoms with Crippen molar-refractivity contribution in [2.75, 3.05) is 10.6 Å². The van der Waals surface area contributed by atoms with Gasteiger partial charge in [-0.25, -0.2) is 14.5 Å². The molecule has 0 saturated heterocycles. The van der Waals surface area contributed by atoms with Gasteiger partial charge in [0.2, 0.25) is 11.6 Å². The Morgan fingerprint density at radius 3 is 1.98 bits per heavy atom. The van der Waals surface area contributed by atoms with Gasteiger partial charge in [0.25, 0.3) is 0 Å². The summed E-state index contributed by atoms with van der Waals surface area (Å²) in [5.41, 5.74) is 1.95. The van der Waals surface area contributed by atoms with Crippen LogP contribution in [0.4, 0.5) is 34.5 Å². The van der Waals surface area contributed by atoms with Gasteiger partial charge >= 0.3 is 0 Å². The molecular formula is C43H46N12O. The third-order valence-corrected chi connectivity index (χ3v) is 9.09. The second kappa shape index (κ2) is 20.0. The number of hydrogen-bond acceptors (Lipinski definition) is 10. The Morgan fingerprint density at radius 2 is 1.43 bits per heavy atom. The van der Waals surface area contributed by atoms with Gasteiger partial charge in [-0.3, -0.25) is 4.79 Å². The molecule has 0 aliphatic rings. The lowest BCUT2D eigenvalue weighted by molar-refractivity contribution is -0.114. The van der Waals surface area contributed by atoms with Crippen LogP contribution in [0.2, 0.25) is 0 Å². The maximum Gasteiger partial charge on any atom is 0.222 e. The topological polar surface area (TPSA) is 196 Å². The van der Waals surface area contributed by atoms with Crippen molar-refractivity contribution >= 4 is 40.4 Å². The van der Waals surface area contributed by atoms with Crippen molar-refractivity contribution in [3.63, 3.8) is 0 Å². The molecule has 0 fully saturated rings. The van der Waals surface area contributed by atoms with Gasteiger partial charge in [0.05, 0.1) is 40.7 Å². The highest BCUT2D eigenvalue weighted by Crippen LogP contribution is 2.39. The Balaban J connectivity index is 1.62. The van der Waals surface area contributed by atoms with E-state index in [1.54, 1.807) is 0 Å². The molecule has 2 heterocycles. The van der Waals surface area contributed by atoms with Gasteiger partial charge < -0.3 is 10.6 Å². The maximum atomic E-state index is 12.3. The second-order valence-electron chi connectivity index (χ2n) is 14.5. The highest BCUT2D eigenvalue weighted by molar-refractivity contribution is 5.91. The number of nitrogens with one attached hydrogen (secondary N) is 2. The van der Waals surface area contributed by atoms with Crippen LogP contribution in [0.3, 0.4) is 0 Å². The van der Waals surface area contributed by atoms with Crippen molar-refractivity contribution in [2.24, 2.45) is 10.2 Å². The SMILES string of the molecule is [C-]#[N+]c1cc(C#N)c(C#N)cc1-n1nc(C(C)(C)C)c(C#N)c1N=Nc1cc(C#N)c(Nc2ccc(CCCCCCCCCCCC)cc2)nc1NC(C)=O. The first-order chi connectivity index (χ1) is 27.0. The summed E-state index contributed by atoms with van der Waals surface area (Å²) in [6.07, 6.45) is 13.8. The number of unbranched alkanes of at least 4 members (excludes halogenated alkanes) is 9. The molecule has 13 heteroatoms. The zero-order valence-electron chi connectivity index (χ0n) is 32.7. The molecule has 4 aromatic rings. The van der Waals surface area contributed by atoms with Gasteiger partial charge in [-0.05, 0) is 48.7 Å². The number of amides is 1. The minimum Gasteiger partial charge on any atom is -0.339 e. The van der Waals surface area contributed by atoms with Crippen molar-refractivity contribution in [2.45, 2.75) is 111 Å². The van der Waals surface area contributed by atoms with Crippen LogP contribution in [0.1, 0.15) is 132 Å². The van der Waals surface area contributed by atoms with Gasteiger partial charge in [0.15, 0.2) is 17.5 Å². The second-order valence-corrected chi connectivity index (χ2v) is 14.5. The number of carbonyl (C=O) groups excluding carboxylic acids is 1. The monoisotopic (exact) mass is 746 g/mol. The summed E-state index contributed by atoms with van der Waals surface area (Å²) in [4.78, 5) is 20.4. The number of aryl methyl sites for hydroxylation is 1. The van der Waals surface area contributed by atoms with E-state index < -0.39 is 11.3 Å². The molecule has 0 aliphatic carbocycles. The number of azo groups is 1. The molecule has 0 spiro atoms. The largest absolute Gasteiger partial charge is 0.339 e. The van der Waals surface area contributed by atoms with E-state index in [9.17, 15) is 25.8 Å². The van der Waals surface area contributed by atoms with E-state index in [1.807, 2.05) is 57.2 Å². The first-order valence-corrected chi connectivity index (χ1v) is 18.9. The molecule has 284 valence electrons. The van der Waals surface area contributed by atoms with E-state index in [4.69, 9.17) is 6.57 Å². The molecule has 0 unspecified atom stereocenters. The summed E-state index contributed by atoms with van der Waals surface area (Å²) in [6.45, 7) is 16.9. The van der Waals surface area contributed by atoms with Crippen LogP contribution in [-0.2, 0) is 16.6 Å². The summed E-state index contributed by atoms with van der Waals surface area (Å²) in [5.74, 6) is -0.308. The minimum absolute atomic E-state index is 0.000851. The molecule has 0 radical (unpaired) electrons. The summed E-state index contributed by atoms with van der Waals surface area (Å²) in [6, 6.07) is 20.2. The van der Waals surface area contributed by atoms with Crippen molar-refractivity contribution in [3.05, 3.63) is 87.4 Å². The number of carbonyl (C=O) groups is 1. The van der Waals surface area contributed by atoms with E-state index >= 15 is 0 Å². The number of rotatable bonds is 17. The molecule has 13 nitrogen and oxygen atoms in total. The average molecular weight is 747 g/mol. The normalized spacial score (nSPS) is 10.9. The van der Waals surface area contributed by atoms with Gasteiger partial charge in [0, 0.05) is 18.0 Å². The summed E-state index contributed by atoms with van der Waals surface area (Å²) < 4.78 is 1.24. The zero-order valence-corrected chi connectivity index (χ0v) is 32.7. The van der Waals surface area contributed by atoms with E-state index in [2.05, 4.69) is 54.9 Å². The molecule has 1 amide bonds. The molecule has 0 saturated carbocycles. The molecule has 2 aromatic heterocycles.